The molecule has 0 unspecified atom stereocenters. The van der Waals surface area contributed by atoms with Gasteiger partial charge in [-0.05, 0) is 6.07 Å². The zero-order valence-corrected chi connectivity index (χ0v) is 15.5. The first-order valence-corrected chi connectivity index (χ1v) is 7.85. The van der Waals surface area contributed by atoms with Gasteiger partial charge in [0.1, 0.15) is 11.5 Å². The summed E-state index contributed by atoms with van der Waals surface area (Å²) in [6.07, 6.45) is 0. The van der Waals surface area contributed by atoms with Crippen LogP contribution in [0.4, 0.5) is 17.1 Å². The van der Waals surface area contributed by atoms with Crippen molar-refractivity contribution in [1.29, 1.82) is 0 Å². The van der Waals surface area contributed by atoms with Gasteiger partial charge >= 0.3 is 0 Å². The minimum absolute atomic E-state index is 0.153. The Morgan fingerprint density at radius 1 is 1.15 bits per heavy atom. The smallest absolute Gasteiger partial charge is 0.270 e. The van der Waals surface area contributed by atoms with Crippen molar-refractivity contribution in [2.45, 2.75) is 0 Å². The number of non-ortho nitro benzene ring substituents is 1. The van der Waals surface area contributed by atoms with E-state index in [-0.39, 0.29) is 11.3 Å². The van der Waals surface area contributed by atoms with Crippen LogP contribution in [0.3, 0.4) is 0 Å². The Morgan fingerprint density at radius 3 is 2.35 bits per heavy atom. The second-order valence-electron chi connectivity index (χ2n) is 5.49. The number of hydrogen-bond donors (Lipinski definition) is 1. The zero-order valence-electron chi connectivity index (χ0n) is 14.7. The van der Waals surface area contributed by atoms with Crippen LogP contribution in [-0.4, -0.2) is 39.1 Å². The Morgan fingerprint density at radius 2 is 1.81 bits per heavy atom. The summed E-state index contributed by atoms with van der Waals surface area (Å²) in [5.41, 5.74) is 0.838. The predicted octanol–water partition coefficient (Wildman–Crippen LogP) is 3.58. The first-order valence-electron chi connectivity index (χ1n) is 7.47. The molecule has 9 heteroatoms. The van der Waals surface area contributed by atoms with Gasteiger partial charge in [0.2, 0.25) is 0 Å². The largest absolute Gasteiger partial charge is 0.495 e. The molecule has 0 heterocycles. The molecule has 1 amide bonds. The van der Waals surface area contributed by atoms with Crippen molar-refractivity contribution < 1.29 is 19.2 Å². The van der Waals surface area contributed by atoms with Crippen LogP contribution in [-0.2, 0) is 0 Å². The second kappa shape index (κ2) is 7.92. The van der Waals surface area contributed by atoms with Gasteiger partial charge in [-0.25, -0.2) is 0 Å². The van der Waals surface area contributed by atoms with E-state index in [1.807, 2.05) is 0 Å². The summed E-state index contributed by atoms with van der Waals surface area (Å²) in [5, 5.41) is 14.1. The molecule has 138 valence electrons. The molecule has 0 saturated carbocycles. The lowest BCUT2D eigenvalue weighted by atomic mass is 10.1. The molecule has 0 aliphatic rings. The van der Waals surface area contributed by atoms with E-state index in [9.17, 15) is 14.9 Å². The minimum Gasteiger partial charge on any atom is -0.495 e. The first-order chi connectivity index (χ1) is 12.3. The summed E-state index contributed by atoms with van der Waals surface area (Å²) in [4.78, 5) is 25.0. The topological polar surface area (TPSA) is 93.9 Å². The van der Waals surface area contributed by atoms with E-state index in [1.54, 1.807) is 19.0 Å². The van der Waals surface area contributed by atoms with Crippen LogP contribution < -0.4 is 19.7 Å². The van der Waals surface area contributed by atoms with E-state index >= 15 is 0 Å². The fraction of sp³-hybridized carbons (Fsp3) is 0.235. The van der Waals surface area contributed by atoms with E-state index in [1.165, 1.54) is 44.6 Å². The van der Waals surface area contributed by atoms with Gasteiger partial charge in [-0.1, -0.05) is 11.6 Å². The maximum Gasteiger partial charge on any atom is 0.270 e. The predicted molar refractivity (Wildman–Crippen MR) is 99.9 cm³/mol. The third-order valence-electron chi connectivity index (χ3n) is 3.64. The van der Waals surface area contributed by atoms with Crippen LogP contribution in [0.2, 0.25) is 5.02 Å². The van der Waals surface area contributed by atoms with Gasteiger partial charge in [0.15, 0.2) is 0 Å². The van der Waals surface area contributed by atoms with E-state index in [0.717, 1.165) is 0 Å². The molecule has 0 aromatic heterocycles. The Bertz CT molecular complexity index is 855. The first kappa shape index (κ1) is 19.3. The van der Waals surface area contributed by atoms with Crippen LogP contribution >= 0.6 is 11.6 Å². The average molecular weight is 380 g/mol. The van der Waals surface area contributed by atoms with Crippen molar-refractivity contribution in [3.8, 4) is 11.5 Å². The molecule has 2 aromatic carbocycles. The van der Waals surface area contributed by atoms with E-state index in [4.69, 9.17) is 21.1 Å². The second-order valence-corrected chi connectivity index (χ2v) is 5.90. The molecular formula is C17H18ClN3O5. The molecule has 0 spiro atoms. The van der Waals surface area contributed by atoms with Crippen molar-refractivity contribution >= 4 is 34.6 Å². The molecule has 1 N–H and O–H groups in total. The molecule has 0 radical (unpaired) electrons. The highest BCUT2D eigenvalue weighted by molar-refractivity contribution is 6.32. The van der Waals surface area contributed by atoms with Crippen molar-refractivity contribution in [3.63, 3.8) is 0 Å². The van der Waals surface area contributed by atoms with Gasteiger partial charge in [-0.2, -0.15) is 0 Å². The summed E-state index contributed by atoms with van der Waals surface area (Å²) in [6.45, 7) is 0. The number of nitrogens with zero attached hydrogens (tertiary/aromatic N) is 2. The lowest BCUT2D eigenvalue weighted by Crippen LogP contribution is -2.19. The molecule has 2 rings (SSSR count). The van der Waals surface area contributed by atoms with Gasteiger partial charge in [-0.15, -0.1) is 0 Å². The van der Waals surface area contributed by atoms with Crippen molar-refractivity contribution in [3.05, 3.63) is 51.0 Å². The normalized spacial score (nSPS) is 10.2. The molecule has 0 saturated heterocycles. The highest BCUT2D eigenvalue weighted by atomic mass is 35.5. The number of amides is 1. The molecule has 2 aromatic rings. The number of halogens is 1. The highest BCUT2D eigenvalue weighted by Gasteiger charge is 2.20. The number of nitro benzene ring substituents is 1. The van der Waals surface area contributed by atoms with Crippen molar-refractivity contribution in [1.82, 2.24) is 0 Å². The van der Waals surface area contributed by atoms with E-state index in [2.05, 4.69) is 5.32 Å². The van der Waals surface area contributed by atoms with Gasteiger partial charge in [-0.3, -0.25) is 14.9 Å². The number of hydrogen-bond acceptors (Lipinski definition) is 6. The Hall–Kier alpha value is -3.00. The summed E-state index contributed by atoms with van der Waals surface area (Å²) in [5.74, 6) is 0.163. The lowest BCUT2D eigenvalue weighted by Gasteiger charge is -2.18. The standard InChI is InChI=1S/C17H18ClN3O5/c1-20(2)14-6-5-10(21(23)24)7-11(14)17(22)19-13-9-15(25-3)12(18)8-16(13)26-4/h5-9H,1-4H3,(H,19,22). The zero-order chi connectivity index (χ0) is 19.4. The number of ether oxygens (including phenoxy) is 2. The van der Waals surface area contributed by atoms with Crippen LogP contribution in [0, 0.1) is 10.1 Å². The van der Waals surface area contributed by atoms with Gasteiger partial charge in [0.05, 0.1) is 35.4 Å². The number of carbonyl (C=O) groups excluding carboxylic acids is 1. The molecule has 8 nitrogen and oxygen atoms in total. The number of benzene rings is 2. The van der Waals surface area contributed by atoms with Gasteiger partial charge < -0.3 is 19.7 Å². The summed E-state index contributed by atoms with van der Waals surface area (Å²) < 4.78 is 10.4. The molecule has 0 aliphatic carbocycles. The molecule has 0 aliphatic heterocycles. The van der Waals surface area contributed by atoms with Crippen molar-refractivity contribution in [2.24, 2.45) is 0 Å². The maximum absolute atomic E-state index is 12.8. The molecule has 0 atom stereocenters. The van der Waals surface area contributed by atoms with E-state index < -0.39 is 10.8 Å². The van der Waals surface area contributed by atoms with Crippen LogP contribution in [0.15, 0.2) is 30.3 Å². The van der Waals surface area contributed by atoms with E-state index in [0.29, 0.717) is 27.9 Å². The third kappa shape index (κ3) is 3.97. The number of anilines is 2. The monoisotopic (exact) mass is 379 g/mol. The van der Waals surface area contributed by atoms with Gasteiger partial charge in [0.25, 0.3) is 11.6 Å². The highest BCUT2D eigenvalue weighted by Crippen LogP contribution is 2.36. The Kier molecular flexibility index (Phi) is 5.89. The number of nitrogens with one attached hydrogen (secondary N) is 1. The SMILES string of the molecule is COc1cc(NC(=O)c2cc([N+](=O)[O-])ccc2N(C)C)c(OC)cc1Cl. The average Bonchev–Trinajstić information content (AvgIpc) is 2.61. The third-order valence-corrected chi connectivity index (χ3v) is 3.93. The number of methoxy groups -OCH3 is 2. The van der Waals surface area contributed by atoms with Crippen LogP contribution in [0.5, 0.6) is 11.5 Å². The quantitative estimate of drug-likeness (QED) is 0.609. The molecular weight excluding hydrogens is 362 g/mol. The molecule has 0 fully saturated rings. The Labute approximate surface area is 155 Å². The molecule has 0 bridgehead atoms. The number of nitro groups is 1. The van der Waals surface area contributed by atoms with Gasteiger partial charge in [0, 0.05) is 44.0 Å². The Balaban J connectivity index is 2.47. The minimum atomic E-state index is -0.553. The fourth-order valence-corrected chi connectivity index (χ4v) is 2.59. The van der Waals surface area contributed by atoms with Crippen LogP contribution in [0.25, 0.3) is 0 Å². The summed E-state index contributed by atoms with van der Waals surface area (Å²) in [7, 11) is 6.37. The fourth-order valence-electron chi connectivity index (χ4n) is 2.36. The molecule has 26 heavy (non-hydrogen) atoms. The number of carbonyl (C=O) groups is 1. The lowest BCUT2D eigenvalue weighted by molar-refractivity contribution is -0.384. The van der Waals surface area contributed by atoms with Crippen LogP contribution in [0.1, 0.15) is 10.4 Å². The maximum atomic E-state index is 12.8. The van der Waals surface area contributed by atoms with Crippen molar-refractivity contribution in [2.75, 3.05) is 38.5 Å². The summed E-state index contributed by atoms with van der Waals surface area (Å²) >= 11 is 6.06. The summed E-state index contributed by atoms with van der Waals surface area (Å²) in [6, 6.07) is 7.12. The number of rotatable bonds is 6.